The molecule has 0 bridgehead atoms. The predicted molar refractivity (Wildman–Crippen MR) is 87.4 cm³/mol. The molecule has 0 heterocycles. The zero-order chi connectivity index (χ0) is 15.4. The average molecular weight is 303 g/mol. The van der Waals surface area contributed by atoms with Crippen molar-refractivity contribution < 1.29 is 4.79 Å². The Morgan fingerprint density at radius 2 is 1.81 bits per heavy atom. The van der Waals surface area contributed by atoms with E-state index in [9.17, 15) is 4.79 Å². The predicted octanol–water partition coefficient (Wildman–Crippen LogP) is 4.05. The number of rotatable bonds is 4. The summed E-state index contributed by atoms with van der Waals surface area (Å²) in [7, 11) is 0. The highest BCUT2D eigenvalue weighted by Crippen LogP contribution is 2.23. The summed E-state index contributed by atoms with van der Waals surface area (Å²) in [4.78, 5) is 12.4. The molecule has 1 amide bonds. The van der Waals surface area contributed by atoms with Gasteiger partial charge in [-0.1, -0.05) is 55.8 Å². The van der Waals surface area contributed by atoms with Crippen LogP contribution in [0.15, 0.2) is 48.5 Å². The first kappa shape index (κ1) is 15.4. The standard InChI is InChI=1S/C17H19ClN2O/c1-11(2)16(12-6-4-3-5-7-12)20-17(21)13-8-14(18)10-15(19)9-13/h3-11,16H,19H2,1-2H3,(H,20,21). The molecule has 2 rings (SSSR count). The molecular weight excluding hydrogens is 284 g/mol. The van der Waals surface area contributed by atoms with Crippen LogP contribution in [0.2, 0.25) is 5.02 Å². The maximum Gasteiger partial charge on any atom is 0.251 e. The van der Waals surface area contributed by atoms with Gasteiger partial charge in [0, 0.05) is 16.3 Å². The van der Waals surface area contributed by atoms with Gasteiger partial charge in [-0.3, -0.25) is 4.79 Å². The van der Waals surface area contributed by atoms with Crippen molar-refractivity contribution in [3.8, 4) is 0 Å². The van der Waals surface area contributed by atoms with Crippen molar-refractivity contribution in [1.82, 2.24) is 5.32 Å². The molecule has 0 saturated heterocycles. The number of nitrogens with one attached hydrogen (secondary N) is 1. The highest BCUT2D eigenvalue weighted by molar-refractivity contribution is 6.31. The number of benzene rings is 2. The maximum atomic E-state index is 12.4. The summed E-state index contributed by atoms with van der Waals surface area (Å²) in [5.41, 5.74) is 7.77. The molecule has 0 saturated carbocycles. The number of carbonyl (C=O) groups is 1. The fourth-order valence-corrected chi connectivity index (χ4v) is 2.51. The van der Waals surface area contributed by atoms with Crippen LogP contribution in [0.1, 0.15) is 35.8 Å². The summed E-state index contributed by atoms with van der Waals surface area (Å²) in [5.74, 6) is 0.0969. The van der Waals surface area contributed by atoms with Gasteiger partial charge in [0.2, 0.25) is 0 Å². The lowest BCUT2D eigenvalue weighted by Gasteiger charge is -2.23. The summed E-state index contributed by atoms with van der Waals surface area (Å²) in [6.45, 7) is 4.15. The minimum atomic E-state index is -0.174. The van der Waals surface area contributed by atoms with Gasteiger partial charge in [-0.2, -0.15) is 0 Å². The SMILES string of the molecule is CC(C)C(NC(=O)c1cc(N)cc(Cl)c1)c1ccccc1. The number of carbonyl (C=O) groups excluding carboxylic acids is 1. The van der Waals surface area contributed by atoms with E-state index in [0.717, 1.165) is 5.56 Å². The second-order valence-electron chi connectivity index (χ2n) is 5.38. The summed E-state index contributed by atoms with van der Waals surface area (Å²) in [5, 5.41) is 3.51. The van der Waals surface area contributed by atoms with E-state index in [0.29, 0.717) is 16.3 Å². The summed E-state index contributed by atoms with van der Waals surface area (Å²) >= 11 is 5.95. The minimum absolute atomic E-state index is 0.0566. The van der Waals surface area contributed by atoms with Gasteiger partial charge in [-0.25, -0.2) is 0 Å². The van der Waals surface area contributed by atoms with Gasteiger partial charge >= 0.3 is 0 Å². The lowest BCUT2D eigenvalue weighted by molar-refractivity contribution is 0.0925. The van der Waals surface area contributed by atoms with Crippen molar-refractivity contribution in [3.63, 3.8) is 0 Å². The van der Waals surface area contributed by atoms with Crippen LogP contribution in [0.4, 0.5) is 5.69 Å². The Hall–Kier alpha value is -2.00. The van der Waals surface area contributed by atoms with Gasteiger partial charge in [-0.15, -0.1) is 0 Å². The first-order valence-electron chi connectivity index (χ1n) is 6.89. The number of nitrogen functional groups attached to an aromatic ring is 1. The Morgan fingerprint density at radius 3 is 2.38 bits per heavy atom. The van der Waals surface area contributed by atoms with Gasteiger partial charge in [-0.05, 0) is 29.7 Å². The van der Waals surface area contributed by atoms with E-state index in [2.05, 4.69) is 19.2 Å². The van der Waals surface area contributed by atoms with Gasteiger partial charge in [0.1, 0.15) is 0 Å². The number of hydrogen-bond donors (Lipinski definition) is 2. The molecule has 0 aliphatic carbocycles. The number of anilines is 1. The number of halogens is 1. The third kappa shape index (κ3) is 3.99. The quantitative estimate of drug-likeness (QED) is 0.837. The second kappa shape index (κ2) is 6.64. The molecule has 0 fully saturated rings. The molecule has 0 aliphatic rings. The fourth-order valence-electron chi connectivity index (χ4n) is 2.26. The summed E-state index contributed by atoms with van der Waals surface area (Å²) in [6.07, 6.45) is 0. The van der Waals surface area contributed by atoms with Crippen molar-refractivity contribution in [2.75, 3.05) is 5.73 Å². The fraction of sp³-hybridized carbons (Fsp3) is 0.235. The average Bonchev–Trinajstić information content (AvgIpc) is 2.44. The smallest absolute Gasteiger partial charge is 0.251 e. The summed E-state index contributed by atoms with van der Waals surface area (Å²) in [6, 6.07) is 14.7. The van der Waals surface area contributed by atoms with Crippen LogP contribution in [0, 0.1) is 5.92 Å². The van der Waals surface area contributed by atoms with Crippen molar-refractivity contribution >= 4 is 23.2 Å². The van der Waals surface area contributed by atoms with Crippen molar-refractivity contribution in [1.29, 1.82) is 0 Å². The molecule has 0 aliphatic heterocycles. The molecular formula is C17H19ClN2O. The highest BCUT2D eigenvalue weighted by Gasteiger charge is 2.19. The van der Waals surface area contributed by atoms with E-state index in [1.165, 1.54) is 0 Å². The molecule has 2 aromatic carbocycles. The molecule has 3 N–H and O–H groups in total. The lowest BCUT2D eigenvalue weighted by Crippen LogP contribution is -2.31. The van der Waals surface area contributed by atoms with Gasteiger partial charge in [0.15, 0.2) is 0 Å². The third-order valence-corrected chi connectivity index (χ3v) is 3.51. The number of nitrogens with two attached hydrogens (primary N) is 1. The maximum absolute atomic E-state index is 12.4. The highest BCUT2D eigenvalue weighted by atomic mass is 35.5. The van der Waals surface area contributed by atoms with Crippen LogP contribution in [0.5, 0.6) is 0 Å². The molecule has 1 unspecified atom stereocenters. The number of hydrogen-bond acceptors (Lipinski definition) is 2. The molecule has 0 radical (unpaired) electrons. The second-order valence-corrected chi connectivity index (χ2v) is 5.82. The van der Waals surface area contributed by atoms with Gasteiger partial charge in [0.25, 0.3) is 5.91 Å². The monoisotopic (exact) mass is 302 g/mol. The normalized spacial score (nSPS) is 12.2. The van der Waals surface area contributed by atoms with Gasteiger partial charge < -0.3 is 11.1 Å². The van der Waals surface area contributed by atoms with E-state index in [4.69, 9.17) is 17.3 Å². The van der Waals surface area contributed by atoms with Crippen LogP contribution >= 0.6 is 11.6 Å². The molecule has 4 heteroatoms. The Bertz CT molecular complexity index is 606. The lowest BCUT2D eigenvalue weighted by atomic mass is 9.95. The Balaban J connectivity index is 2.23. The van der Waals surface area contributed by atoms with E-state index in [-0.39, 0.29) is 17.9 Å². The van der Waals surface area contributed by atoms with E-state index in [1.54, 1.807) is 18.2 Å². The van der Waals surface area contributed by atoms with Crippen molar-refractivity contribution in [2.45, 2.75) is 19.9 Å². The molecule has 3 nitrogen and oxygen atoms in total. The third-order valence-electron chi connectivity index (χ3n) is 3.29. The zero-order valence-electron chi connectivity index (χ0n) is 12.1. The minimum Gasteiger partial charge on any atom is -0.399 e. The largest absolute Gasteiger partial charge is 0.399 e. The van der Waals surface area contributed by atoms with Crippen molar-refractivity contribution in [3.05, 3.63) is 64.7 Å². The molecule has 1 atom stereocenters. The molecule has 110 valence electrons. The summed E-state index contributed by atoms with van der Waals surface area (Å²) < 4.78 is 0. The Morgan fingerprint density at radius 1 is 1.14 bits per heavy atom. The van der Waals surface area contributed by atoms with Gasteiger partial charge in [0.05, 0.1) is 6.04 Å². The van der Waals surface area contributed by atoms with E-state index >= 15 is 0 Å². The zero-order valence-corrected chi connectivity index (χ0v) is 12.9. The van der Waals surface area contributed by atoms with Crippen LogP contribution in [-0.4, -0.2) is 5.91 Å². The Labute approximate surface area is 130 Å². The topological polar surface area (TPSA) is 55.1 Å². The first-order chi connectivity index (χ1) is 9.97. The molecule has 0 aromatic heterocycles. The molecule has 0 spiro atoms. The van der Waals surface area contributed by atoms with Crippen LogP contribution in [0.25, 0.3) is 0 Å². The van der Waals surface area contributed by atoms with E-state index in [1.807, 2.05) is 30.3 Å². The Kier molecular flexibility index (Phi) is 4.86. The van der Waals surface area contributed by atoms with Crippen LogP contribution < -0.4 is 11.1 Å². The first-order valence-corrected chi connectivity index (χ1v) is 7.27. The molecule has 2 aromatic rings. The molecule has 21 heavy (non-hydrogen) atoms. The van der Waals surface area contributed by atoms with Crippen molar-refractivity contribution in [2.24, 2.45) is 5.92 Å². The van der Waals surface area contributed by atoms with E-state index < -0.39 is 0 Å². The van der Waals surface area contributed by atoms with Crippen LogP contribution in [0.3, 0.4) is 0 Å². The number of amides is 1. The van der Waals surface area contributed by atoms with Crippen LogP contribution in [-0.2, 0) is 0 Å².